The van der Waals surface area contributed by atoms with E-state index in [1.807, 2.05) is 0 Å². The van der Waals surface area contributed by atoms with Crippen LogP contribution in [0.3, 0.4) is 0 Å². The second kappa shape index (κ2) is 8.09. The van der Waals surface area contributed by atoms with E-state index >= 15 is 0 Å². The fourth-order valence-corrected chi connectivity index (χ4v) is 3.17. The summed E-state index contributed by atoms with van der Waals surface area (Å²) in [4.78, 5) is 16.4. The predicted molar refractivity (Wildman–Crippen MR) is 96.4 cm³/mol. The Labute approximate surface area is 156 Å². The molecule has 1 aliphatic rings. The molecule has 1 aromatic carbocycles. The molecular formula is C16H21Cl3FN3O. The van der Waals surface area contributed by atoms with E-state index in [2.05, 4.69) is 17.1 Å². The van der Waals surface area contributed by atoms with Crippen molar-refractivity contribution in [3.05, 3.63) is 35.1 Å². The first kappa shape index (κ1) is 19.6. The third kappa shape index (κ3) is 4.88. The van der Waals surface area contributed by atoms with Crippen LogP contribution in [0.4, 0.5) is 9.18 Å². The molecule has 1 heterocycles. The van der Waals surface area contributed by atoms with Crippen molar-refractivity contribution in [2.24, 2.45) is 0 Å². The first-order chi connectivity index (χ1) is 11.2. The van der Waals surface area contributed by atoms with Crippen molar-refractivity contribution in [1.82, 2.24) is 15.1 Å². The third-order valence-electron chi connectivity index (χ3n) is 4.23. The molecule has 0 aliphatic carbocycles. The lowest BCUT2D eigenvalue weighted by Gasteiger charge is -2.36. The second-order valence-electron chi connectivity index (χ2n) is 5.85. The van der Waals surface area contributed by atoms with E-state index < -0.39 is 15.7 Å². The normalized spacial score (nSPS) is 17.7. The molecule has 24 heavy (non-hydrogen) atoms. The predicted octanol–water partition coefficient (Wildman–Crippen LogP) is 3.89. The number of urea groups is 1. The SMILES string of the molecule is CCN1CCN(C(=O)NC(c2ccc(C)c(F)c2)C(Cl)(Cl)Cl)CC1. The molecule has 2 amide bonds. The molecule has 1 N–H and O–H groups in total. The number of benzene rings is 1. The highest BCUT2D eigenvalue weighted by Gasteiger charge is 2.36. The highest BCUT2D eigenvalue weighted by Crippen LogP contribution is 2.40. The Kier molecular flexibility index (Phi) is 6.59. The number of likely N-dealkylation sites (N-methyl/N-ethyl adjacent to an activating group) is 1. The number of piperazine rings is 1. The van der Waals surface area contributed by atoms with Gasteiger partial charge in [-0.3, -0.25) is 0 Å². The Morgan fingerprint density at radius 3 is 2.42 bits per heavy atom. The Morgan fingerprint density at radius 1 is 1.29 bits per heavy atom. The molecule has 134 valence electrons. The van der Waals surface area contributed by atoms with Gasteiger partial charge in [0.25, 0.3) is 0 Å². The zero-order valence-corrected chi connectivity index (χ0v) is 15.9. The average molecular weight is 397 g/mol. The van der Waals surface area contributed by atoms with Crippen LogP contribution in [0, 0.1) is 12.7 Å². The highest BCUT2D eigenvalue weighted by molar-refractivity contribution is 6.68. The van der Waals surface area contributed by atoms with E-state index in [1.165, 1.54) is 6.07 Å². The van der Waals surface area contributed by atoms with Crippen LogP contribution in [0.2, 0.25) is 0 Å². The van der Waals surface area contributed by atoms with Crippen molar-refractivity contribution >= 4 is 40.8 Å². The summed E-state index contributed by atoms with van der Waals surface area (Å²) in [5.74, 6) is -0.405. The number of aryl methyl sites for hydroxylation is 1. The molecule has 1 aromatic rings. The summed E-state index contributed by atoms with van der Waals surface area (Å²) >= 11 is 18.1. The fourth-order valence-electron chi connectivity index (χ4n) is 2.62. The van der Waals surface area contributed by atoms with E-state index in [4.69, 9.17) is 34.8 Å². The molecule has 8 heteroatoms. The molecule has 1 atom stereocenters. The summed E-state index contributed by atoms with van der Waals surface area (Å²) in [5.41, 5.74) is 0.905. The average Bonchev–Trinajstić information content (AvgIpc) is 2.54. The number of hydrogen-bond acceptors (Lipinski definition) is 2. The number of nitrogens with zero attached hydrogens (tertiary/aromatic N) is 2. The highest BCUT2D eigenvalue weighted by atomic mass is 35.6. The number of hydrogen-bond donors (Lipinski definition) is 1. The van der Waals surface area contributed by atoms with Crippen LogP contribution >= 0.6 is 34.8 Å². The molecule has 0 spiro atoms. The lowest BCUT2D eigenvalue weighted by Crippen LogP contribution is -2.53. The first-order valence-corrected chi connectivity index (χ1v) is 8.96. The Hall–Kier alpha value is -0.750. The van der Waals surface area contributed by atoms with Gasteiger partial charge in [-0.25, -0.2) is 9.18 Å². The molecular weight excluding hydrogens is 376 g/mol. The number of carbonyl (C=O) groups is 1. The van der Waals surface area contributed by atoms with E-state index in [9.17, 15) is 9.18 Å². The summed E-state index contributed by atoms with van der Waals surface area (Å²) in [6.07, 6.45) is 0. The van der Waals surface area contributed by atoms with Crippen LogP contribution in [-0.2, 0) is 0 Å². The molecule has 0 aromatic heterocycles. The van der Waals surface area contributed by atoms with Crippen molar-refractivity contribution < 1.29 is 9.18 Å². The first-order valence-electron chi connectivity index (χ1n) is 7.83. The quantitative estimate of drug-likeness (QED) is 0.787. The van der Waals surface area contributed by atoms with Crippen LogP contribution in [0.25, 0.3) is 0 Å². The third-order valence-corrected chi connectivity index (χ3v) is 4.89. The molecule has 2 rings (SSSR count). The zero-order valence-electron chi connectivity index (χ0n) is 13.7. The van der Waals surface area contributed by atoms with Gasteiger partial charge >= 0.3 is 6.03 Å². The van der Waals surface area contributed by atoms with Crippen molar-refractivity contribution in [2.75, 3.05) is 32.7 Å². The largest absolute Gasteiger partial charge is 0.327 e. The molecule has 1 saturated heterocycles. The van der Waals surface area contributed by atoms with Crippen molar-refractivity contribution in [3.8, 4) is 0 Å². The molecule has 1 unspecified atom stereocenters. The summed E-state index contributed by atoms with van der Waals surface area (Å²) in [6, 6.07) is 3.29. The van der Waals surface area contributed by atoms with Gasteiger partial charge in [0.05, 0.1) is 0 Å². The Morgan fingerprint density at radius 2 is 1.92 bits per heavy atom. The van der Waals surface area contributed by atoms with Gasteiger partial charge in [0.15, 0.2) is 0 Å². The van der Waals surface area contributed by atoms with Crippen LogP contribution in [0.5, 0.6) is 0 Å². The maximum Gasteiger partial charge on any atom is 0.318 e. The monoisotopic (exact) mass is 395 g/mol. The lowest BCUT2D eigenvalue weighted by atomic mass is 10.1. The van der Waals surface area contributed by atoms with Crippen LogP contribution < -0.4 is 5.32 Å². The number of alkyl halides is 3. The minimum atomic E-state index is -1.79. The van der Waals surface area contributed by atoms with Gasteiger partial charge in [-0.05, 0) is 30.7 Å². The topological polar surface area (TPSA) is 35.6 Å². The number of rotatable bonds is 3. The van der Waals surface area contributed by atoms with E-state index in [0.29, 0.717) is 24.2 Å². The standard InChI is InChI=1S/C16H21Cl3FN3O/c1-3-22-6-8-23(9-7-22)15(24)21-14(16(17,18)19)12-5-4-11(2)13(20)10-12/h4-5,10,14H,3,6-9H2,1-2H3,(H,21,24). The minimum Gasteiger partial charge on any atom is -0.327 e. The maximum atomic E-state index is 13.8. The van der Waals surface area contributed by atoms with Gasteiger partial charge in [-0.15, -0.1) is 0 Å². The number of carbonyl (C=O) groups excluding carboxylic acids is 1. The van der Waals surface area contributed by atoms with E-state index in [0.717, 1.165) is 19.6 Å². The molecule has 1 aliphatic heterocycles. The molecule has 4 nitrogen and oxygen atoms in total. The molecule has 0 bridgehead atoms. The Balaban J connectivity index is 2.12. The summed E-state index contributed by atoms with van der Waals surface area (Å²) in [6.45, 7) is 7.51. The minimum absolute atomic E-state index is 0.317. The maximum absolute atomic E-state index is 13.8. The lowest BCUT2D eigenvalue weighted by molar-refractivity contribution is 0.140. The smallest absolute Gasteiger partial charge is 0.318 e. The summed E-state index contributed by atoms with van der Waals surface area (Å²) in [5, 5.41) is 2.73. The van der Waals surface area contributed by atoms with Gasteiger partial charge in [0.2, 0.25) is 3.79 Å². The van der Waals surface area contributed by atoms with Crippen LogP contribution in [0.1, 0.15) is 24.1 Å². The van der Waals surface area contributed by atoms with E-state index in [-0.39, 0.29) is 6.03 Å². The van der Waals surface area contributed by atoms with Crippen molar-refractivity contribution in [2.45, 2.75) is 23.7 Å². The summed E-state index contributed by atoms with van der Waals surface area (Å²) in [7, 11) is 0. The molecule has 1 fully saturated rings. The van der Waals surface area contributed by atoms with Gasteiger partial charge in [0.1, 0.15) is 11.9 Å². The zero-order chi connectivity index (χ0) is 17.9. The number of amides is 2. The van der Waals surface area contributed by atoms with Crippen molar-refractivity contribution in [1.29, 1.82) is 0 Å². The molecule has 0 saturated carbocycles. The van der Waals surface area contributed by atoms with Gasteiger partial charge < -0.3 is 15.1 Å². The van der Waals surface area contributed by atoms with Gasteiger partial charge in [-0.2, -0.15) is 0 Å². The van der Waals surface area contributed by atoms with Crippen molar-refractivity contribution in [3.63, 3.8) is 0 Å². The van der Waals surface area contributed by atoms with Crippen LogP contribution in [-0.4, -0.2) is 52.3 Å². The second-order valence-corrected chi connectivity index (χ2v) is 8.22. The Bertz CT molecular complexity index is 586. The van der Waals surface area contributed by atoms with E-state index in [1.54, 1.807) is 24.0 Å². The fraction of sp³-hybridized carbons (Fsp3) is 0.562. The number of nitrogens with one attached hydrogen (secondary N) is 1. The summed E-state index contributed by atoms with van der Waals surface area (Å²) < 4.78 is 12.1. The van der Waals surface area contributed by atoms with Gasteiger partial charge in [-0.1, -0.05) is 53.9 Å². The van der Waals surface area contributed by atoms with Crippen LogP contribution in [0.15, 0.2) is 18.2 Å². The molecule has 0 radical (unpaired) electrons. The van der Waals surface area contributed by atoms with Gasteiger partial charge in [0, 0.05) is 26.2 Å². The number of halogens is 4.